The SMILES string of the molecule is COc1ccc(C(=O)Nc2ccc(N3CCC(C)CC3)c(C(=O)NC3CC3)c2)cc1. The van der Waals surface area contributed by atoms with Gasteiger partial charge in [-0.1, -0.05) is 6.92 Å². The zero-order valence-electron chi connectivity index (χ0n) is 17.6. The highest BCUT2D eigenvalue weighted by Crippen LogP contribution is 2.30. The van der Waals surface area contributed by atoms with Gasteiger partial charge in [0.25, 0.3) is 11.8 Å². The third-order valence-electron chi connectivity index (χ3n) is 5.89. The van der Waals surface area contributed by atoms with Gasteiger partial charge in [-0.2, -0.15) is 0 Å². The second-order valence-electron chi connectivity index (χ2n) is 8.33. The number of hydrogen-bond acceptors (Lipinski definition) is 4. The highest BCUT2D eigenvalue weighted by Gasteiger charge is 2.27. The number of benzene rings is 2. The molecule has 0 radical (unpaired) electrons. The fourth-order valence-electron chi connectivity index (χ4n) is 3.76. The maximum atomic E-state index is 12.9. The molecule has 0 atom stereocenters. The van der Waals surface area contributed by atoms with E-state index in [1.807, 2.05) is 12.1 Å². The van der Waals surface area contributed by atoms with Crippen LogP contribution in [0.1, 0.15) is 53.3 Å². The molecule has 2 fully saturated rings. The van der Waals surface area contributed by atoms with Gasteiger partial charge < -0.3 is 20.3 Å². The minimum Gasteiger partial charge on any atom is -0.497 e. The Labute approximate surface area is 177 Å². The number of nitrogens with one attached hydrogen (secondary N) is 2. The number of carbonyl (C=O) groups is 2. The van der Waals surface area contributed by atoms with Crippen LogP contribution in [0.4, 0.5) is 11.4 Å². The fraction of sp³-hybridized carbons (Fsp3) is 0.417. The van der Waals surface area contributed by atoms with Gasteiger partial charge in [0.2, 0.25) is 0 Å². The standard InChI is InChI=1S/C24H29N3O3/c1-16-11-13-27(14-12-16)22-10-7-19(15-21(22)24(29)25-18-5-6-18)26-23(28)17-3-8-20(30-2)9-4-17/h3-4,7-10,15-16,18H,5-6,11-14H2,1-2H3,(H,25,29)(H,26,28). The molecule has 0 bridgehead atoms. The van der Waals surface area contributed by atoms with E-state index in [1.165, 1.54) is 0 Å². The van der Waals surface area contributed by atoms with Crippen molar-refractivity contribution < 1.29 is 14.3 Å². The second-order valence-corrected chi connectivity index (χ2v) is 8.33. The molecule has 0 unspecified atom stereocenters. The van der Waals surface area contributed by atoms with E-state index in [-0.39, 0.29) is 17.9 Å². The molecule has 0 spiro atoms. The maximum Gasteiger partial charge on any atom is 0.255 e. The van der Waals surface area contributed by atoms with Gasteiger partial charge in [0, 0.05) is 36.1 Å². The average molecular weight is 408 g/mol. The molecular formula is C24H29N3O3. The fourth-order valence-corrected chi connectivity index (χ4v) is 3.76. The molecule has 1 aliphatic heterocycles. The summed E-state index contributed by atoms with van der Waals surface area (Å²) in [7, 11) is 1.59. The minimum absolute atomic E-state index is 0.0633. The number of piperidine rings is 1. The molecule has 2 amide bonds. The van der Waals surface area contributed by atoms with E-state index in [2.05, 4.69) is 22.5 Å². The van der Waals surface area contributed by atoms with Crippen LogP contribution in [0.2, 0.25) is 0 Å². The van der Waals surface area contributed by atoms with Crippen molar-refractivity contribution in [3.05, 3.63) is 53.6 Å². The Morgan fingerprint density at radius 3 is 2.30 bits per heavy atom. The molecule has 30 heavy (non-hydrogen) atoms. The van der Waals surface area contributed by atoms with Gasteiger partial charge in [-0.25, -0.2) is 0 Å². The third-order valence-corrected chi connectivity index (χ3v) is 5.89. The zero-order valence-corrected chi connectivity index (χ0v) is 17.6. The van der Waals surface area contributed by atoms with E-state index in [4.69, 9.17) is 4.74 Å². The first-order valence-electron chi connectivity index (χ1n) is 10.7. The van der Waals surface area contributed by atoms with E-state index in [0.29, 0.717) is 28.5 Å². The predicted molar refractivity (Wildman–Crippen MR) is 118 cm³/mol. The summed E-state index contributed by atoms with van der Waals surface area (Å²) in [5.41, 5.74) is 2.73. The molecule has 1 aliphatic carbocycles. The van der Waals surface area contributed by atoms with E-state index >= 15 is 0 Å². The van der Waals surface area contributed by atoms with Gasteiger partial charge in [-0.15, -0.1) is 0 Å². The van der Waals surface area contributed by atoms with Crippen molar-refractivity contribution in [3.63, 3.8) is 0 Å². The Hall–Kier alpha value is -3.02. The van der Waals surface area contributed by atoms with E-state index in [0.717, 1.165) is 44.5 Å². The van der Waals surface area contributed by atoms with Crippen LogP contribution >= 0.6 is 0 Å². The summed E-state index contributed by atoms with van der Waals surface area (Å²) in [6.07, 6.45) is 4.33. The van der Waals surface area contributed by atoms with E-state index in [9.17, 15) is 9.59 Å². The minimum atomic E-state index is -0.217. The maximum absolute atomic E-state index is 12.9. The van der Waals surface area contributed by atoms with Gasteiger partial charge in [0.15, 0.2) is 0 Å². The van der Waals surface area contributed by atoms with Crippen LogP contribution in [-0.4, -0.2) is 38.1 Å². The molecule has 2 aromatic carbocycles. The number of methoxy groups -OCH3 is 1. The molecular weight excluding hydrogens is 378 g/mol. The third kappa shape index (κ3) is 4.75. The topological polar surface area (TPSA) is 70.7 Å². The quantitative estimate of drug-likeness (QED) is 0.757. The number of nitrogens with zero attached hydrogens (tertiary/aromatic N) is 1. The Kier molecular flexibility index (Phi) is 5.93. The van der Waals surface area contributed by atoms with Crippen LogP contribution < -0.4 is 20.3 Å². The van der Waals surface area contributed by atoms with Gasteiger partial charge in [-0.05, 0) is 74.1 Å². The summed E-state index contributed by atoms with van der Waals surface area (Å²) in [5.74, 6) is 1.14. The molecule has 0 aromatic heterocycles. The molecule has 1 saturated heterocycles. The molecule has 1 saturated carbocycles. The molecule has 6 nitrogen and oxygen atoms in total. The first kappa shape index (κ1) is 20.3. The van der Waals surface area contributed by atoms with Crippen molar-refractivity contribution in [1.82, 2.24) is 5.32 Å². The molecule has 4 rings (SSSR count). The summed E-state index contributed by atoms with van der Waals surface area (Å²) in [5, 5.41) is 6.01. The average Bonchev–Trinajstić information content (AvgIpc) is 3.58. The number of ether oxygens (including phenoxy) is 1. The Morgan fingerprint density at radius 1 is 0.967 bits per heavy atom. The first-order chi connectivity index (χ1) is 14.5. The molecule has 2 aromatic rings. The van der Waals surface area contributed by atoms with Crippen molar-refractivity contribution in [2.45, 2.75) is 38.6 Å². The molecule has 2 aliphatic rings. The summed E-state index contributed by atoms with van der Waals surface area (Å²) in [6.45, 7) is 4.17. The van der Waals surface area contributed by atoms with Crippen molar-refractivity contribution in [3.8, 4) is 5.75 Å². The van der Waals surface area contributed by atoms with Crippen LogP contribution in [0.15, 0.2) is 42.5 Å². The number of carbonyl (C=O) groups excluding carboxylic acids is 2. The molecule has 2 N–H and O–H groups in total. The molecule has 6 heteroatoms. The largest absolute Gasteiger partial charge is 0.497 e. The van der Waals surface area contributed by atoms with Gasteiger partial charge in [0.1, 0.15) is 5.75 Å². The van der Waals surface area contributed by atoms with E-state index in [1.54, 1.807) is 37.4 Å². The monoisotopic (exact) mass is 407 g/mol. The lowest BCUT2D eigenvalue weighted by Crippen LogP contribution is -2.35. The van der Waals surface area contributed by atoms with Crippen LogP contribution in [0.5, 0.6) is 5.75 Å². The summed E-state index contributed by atoms with van der Waals surface area (Å²) >= 11 is 0. The van der Waals surface area contributed by atoms with Crippen molar-refractivity contribution >= 4 is 23.2 Å². The van der Waals surface area contributed by atoms with Crippen LogP contribution in [0.3, 0.4) is 0 Å². The number of rotatable bonds is 6. The Morgan fingerprint density at radius 2 is 1.67 bits per heavy atom. The Bertz CT molecular complexity index is 914. The molecule has 158 valence electrons. The lowest BCUT2D eigenvalue weighted by Gasteiger charge is -2.33. The summed E-state index contributed by atoms with van der Waals surface area (Å²) in [4.78, 5) is 27.9. The number of anilines is 2. The lowest BCUT2D eigenvalue weighted by molar-refractivity contribution is 0.0950. The zero-order chi connectivity index (χ0) is 21.1. The van der Waals surface area contributed by atoms with Crippen LogP contribution in [0.25, 0.3) is 0 Å². The van der Waals surface area contributed by atoms with Gasteiger partial charge in [-0.3, -0.25) is 9.59 Å². The van der Waals surface area contributed by atoms with Gasteiger partial charge in [0.05, 0.1) is 12.7 Å². The molecule has 1 heterocycles. The highest BCUT2D eigenvalue weighted by molar-refractivity contribution is 6.06. The van der Waals surface area contributed by atoms with Crippen molar-refractivity contribution in [2.24, 2.45) is 5.92 Å². The predicted octanol–water partition coefficient (Wildman–Crippen LogP) is 4.08. The normalized spacial score (nSPS) is 16.8. The van der Waals surface area contributed by atoms with Crippen LogP contribution in [0, 0.1) is 5.92 Å². The summed E-state index contributed by atoms with van der Waals surface area (Å²) < 4.78 is 5.14. The second kappa shape index (κ2) is 8.78. The number of hydrogen-bond donors (Lipinski definition) is 2. The van der Waals surface area contributed by atoms with Crippen molar-refractivity contribution in [1.29, 1.82) is 0 Å². The lowest BCUT2D eigenvalue weighted by atomic mass is 9.97. The van der Waals surface area contributed by atoms with Crippen LogP contribution in [-0.2, 0) is 0 Å². The van der Waals surface area contributed by atoms with Gasteiger partial charge >= 0.3 is 0 Å². The summed E-state index contributed by atoms with van der Waals surface area (Å²) in [6, 6.07) is 12.9. The highest BCUT2D eigenvalue weighted by atomic mass is 16.5. The first-order valence-corrected chi connectivity index (χ1v) is 10.7. The van der Waals surface area contributed by atoms with Crippen molar-refractivity contribution in [2.75, 3.05) is 30.4 Å². The Balaban J connectivity index is 1.55. The smallest absolute Gasteiger partial charge is 0.255 e. The van der Waals surface area contributed by atoms with E-state index < -0.39 is 0 Å². The number of amides is 2.